The van der Waals surface area contributed by atoms with E-state index in [4.69, 9.17) is 14.2 Å². The van der Waals surface area contributed by atoms with E-state index in [9.17, 15) is 19.5 Å². The molecule has 0 heterocycles. The van der Waals surface area contributed by atoms with E-state index >= 15 is 0 Å². The van der Waals surface area contributed by atoms with Crippen LogP contribution in [0.5, 0.6) is 0 Å². The molecule has 2 unspecified atom stereocenters. The van der Waals surface area contributed by atoms with Gasteiger partial charge in [-0.3, -0.25) is 9.59 Å². The first kappa shape index (κ1) is 33.3. The van der Waals surface area contributed by atoms with Crippen molar-refractivity contribution in [3.05, 3.63) is 0 Å². The Morgan fingerprint density at radius 1 is 0.743 bits per heavy atom. The topological polar surface area (TPSA) is 99.1 Å². The zero-order valence-electron chi connectivity index (χ0n) is 23.0. The number of ether oxygens (including phenoxy) is 3. The van der Waals surface area contributed by atoms with Crippen molar-refractivity contribution >= 4 is 17.9 Å². The highest BCUT2D eigenvalue weighted by Crippen LogP contribution is 2.13. The van der Waals surface area contributed by atoms with Crippen LogP contribution in [0.4, 0.5) is 0 Å². The number of carboxylic acids is 1. The monoisotopic (exact) mass is 502 g/mol. The van der Waals surface area contributed by atoms with Gasteiger partial charge in [0.05, 0.1) is 34.4 Å². The van der Waals surface area contributed by atoms with Gasteiger partial charge in [-0.05, 0) is 12.8 Å². The number of hydrogen-bond donors (Lipinski definition) is 1. The summed E-state index contributed by atoms with van der Waals surface area (Å²) in [6, 6.07) is -0.602. The van der Waals surface area contributed by atoms with Gasteiger partial charge in [-0.1, -0.05) is 71.6 Å². The number of carbonyl (C=O) groups excluding carboxylic acids is 2. The van der Waals surface area contributed by atoms with Crippen LogP contribution >= 0.6 is 0 Å². The standard InChI is InChI=1S/C27H51NO7/c1-6-8-9-10-11-12-13-14-15-16-18-26(30)35-23(22-34-25(29)17-7-2)21-33-20-19-24(27(31)32)28(3,4)5/h23-24H,6-22H2,1-5H3/p+1. The summed E-state index contributed by atoms with van der Waals surface area (Å²) in [6.07, 6.45) is 12.9. The third-order valence-electron chi connectivity index (χ3n) is 5.98. The van der Waals surface area contributed by atoms with E-state index in [0.717, 1.165) is 19.3 Å². The average Bonchev–Trinajstić information content (AvgIpc) is 2.77. The van der Waals surface area contributed by atoms with Gasteiger partial charge in [0.15, 0.2) is 12.1 Å². The summed E-state index contributed by atoms with van der Waals surface area (Å²) in [6.45, 7) is 4.33. The summed E-state index contributed by atoms with van der Waals surface area (Å²) in [4.78, 5) is 35.6. The molecular formula is C27H52NO7+. The normalized spacial score (nSPS) is 13.3. The maximum atomic E-state index is 12.3. The zero-order valence-corrected chi connectivity index (χ0v) is 23.0. The maximum Gasteiger partial charge on any atom is 0.362 e. The van der Waals surface area contributed by atoms with Crippen LogP contribution in [0.2, 0.25) is 0 Å². The Balaban J connectivity index is 4.34. The lowest BCUT2D eigenvalue weighted by molar-refractivity contribution is -0.887. The van der Waals surface area contributed by atoms with Crippen molar-refractivity contribution in [2.24, 2.45) is 0 Å². The minimum Gasteiger partial charge on any atom is -0.477 e. The lowest BCUT2D eigenvalue weighted by atomic mass is 10.1. The summed E-state index contributed by atoms with van der Waals surface area (Å²) in [7, 11) is 5.47. The first-order chi connectivity index (χ1) is 16.6. The fraction of sp³-hybridized carbons (Fsp3) is 0.889. The van der Waals surface area contributed by atoms with Crippen LogP contribution in [0, 0.1) is 0 Å². The molecule has 0 radical (unpaired) electrons. The molecule has 0 aromatic rings. The van der Waals surface area contributed by atoms with E-state index in [1.165, 1.54) is 44.9 Å². The van der Waals surface area contributed by atoms with Crippen LogP contribution in [0.15, 0.2) is 0 Å². The molecule has 35 heavy (non-hydrogen) atoms. The summed E-state index contributed by atoms with van der Waals surface area (Å²) in [5.74, 6) is -1.53. The van der Waals surface area contributed by atoms with Crippen LogP contribution < -0.4 is 0 Å². The second-order valence-corrected chi connectivity index (χ2v) is 10.3. The Kier molecular flexibility index (Phi) is 19.5. The van der Waals surface area contributed by atoms with Gasteiger partial charge in [-0.25, -0.2) is 4.79 Å². The van der Waals surface area contributed by atoms with Crippen LogP contribution in [0.25, 0.3) is 0 Å². The van der Waals surface area contributed by atoms with Crippen molar-refractivity contribution < 1.29 is 38.2 Å². The Hall–Kier alpha value is -1.67. The average molecular weight is 503 g/mol. The lowest BCUT2D eigenvalue weighted by Crippen LogP contribution is -2.50. The molecule has 0 fully saturated rings. The molecule has 8 heteroatoms. The Labute approximate surface area is 213 Å². The highest BCUT2D eigenvalue weighted by Gasteiger charge is 2.31. The molecule has 2 atom stereocenters. The van der Waals surface area contributed by atoms with E-state index in [2.05, 4.69) is 6.92 Å². The summed E-state index contributed by atoms with van der Waals surface area (Å²) < 4.78 is 16.7. The number of hydrogen-bond acceptors (Lipinski definition) is 6. The highest BCUT2D eigenvalue weighted by atomic mass is 16.6. The number of unbranched alkanes of at least 4 members (excludes halogenated alkanes) is 9. The van der Waals surface area contributed by atoms with E-state index in [1.807, 2.05) is 28.1 Å². The van der Waals surface area contributed by atoms with Gasteiger partial charge < -0.3 is 23.8 Å². The quantitative estimate of drug-likeness (QED) is 0.118. The number of quaternary nitrogens is 1. The number of carbonyl (C=O) groups is 3. The molecule has 0 amide bonds. The van der Waals surface area contributed by atoms with Gasteiger partial charge >= 0.3 is 17.9 Å². The van der Waals surface area contributed by atoms with Crippen molar-refractivity contribution in [3.63, 3.8) is 0 Å². The Morgan fingerprint density at radius 3 is 1.83 bits per heavy atom. The van der Waals surface area contributed by atoms with Crippen LogP contribution in [-0.2, 0) is 28.6 Å². The Morgan fingerprint density at radius 2 is 1.31 bits per heavy atom. The minimum absolute atomic E-state index is 0.0553. The van der Waals surface area contributed by atoms with Gasteiger partial charge in [-0.15, -0.1) is 0 Å². The Bertz CT molecular complexity index is 574. The lowest BCUT2D eigenvalue weighted by Gasteiger charge is -2.31. The molecule has 0 saturated heterocycles. The number of rotatable bonds is 23. The number of carboxylic acid groups (broad SMARTS) is 1. The third-order valence-corrected chi connectivity index (χ3v) is 5.98. The van der Waals surface area contributed by atoms with E-state index in [-0.39, 0.29) is 36.2 Å². The molecule has 0 rings (SSSR count). The van der Waals surface area contributed by atoms with Crippen molar-refractivity contribution in [1.29, 1.82) is 0 Å². The van der Waals surface area contributed by atoms with Gasteiger partial charge in [0.1, 0.15) is 6.61 Å². The first-order valence-corrected chi connectivity index (χ1v) is 13.6. The molecule has 0 spiro atoms. The molecule has 0 bridgehead atoms. The fourth-order valence-corrected chi connectivity index (χ4v) is 3.83. The number of aliphatic carboxylic acids is 1. The summed E-state index contributed by atoms with van der Waals surface area (Å²) in [5.41, 5.74) is 0. The molecule has 0 aromatic carbocycles. The van der Waals surface area contributed by atoms with Crippen molar-refractivity contribution in [2.45, 2.75) is 116 Å². The van der Waals surface area contributed by atoms with Crippen LogP contribution in [0.1, 0.15) is 104 Å². The van der Waals surface area contributed by atoms with Crippen LogP contribution in [-0.4, -0.2) is 80.6 Å². The largest absolute Gasteiger partial charge is 0.477 e. The molecule has 0 aliphatic rings. The maximum absolute atomic E-state index is 12.3. The minimum atomic E-state index is -0.880. The van der Waals surface area contributed by atoms with Gasteiger partial charge in [-0.2, -0.15) is 0 Å². The van der Waals surface area contributed by atoms with E-state index < -0.39 is 18.1 Å². The molecule has 0 aliphatic carbocycles. The van der Waals surface area contributed by atoms with Gasteiger partial charge in [0, 0.05) is 19.3 Å². The molecule has 8 nitrogen and oxygen atoms in total. The fourth-order valence-electron chi connectivity index (χ4n) is 3.83. The SMILES string of the molecule is CCCCCCCCCCCCC(=O)OC(COCCC(C(=O)O)[N+](C)(C)C)COC(=O)CCC. The zero-order chi connectivity index (χ0) is 26.5. The molecular weight excluding hydrogens is 450 g/mol. The molecule has 0 aliphatic heterocycles. The molecule has 1 N–H and O–H groups in total. The van der Waals surface area contributed by atoms with Crippen molar-refractivity contribution in [1.82, 2.24) is 0 Å². The molecule has 0 saturated carbocycles. The predicted octanol–water partition coefficient (Wildman–Crippen LogP) is 5.12. The predicted molar refractivity (Wildman–Crippen MR) is 137 cm³/mol. The van der Waals surface area contributed by atoms with Gasteiger partial charge in [0.2, 0.25) is 0 Å². The van der Waals surface area contributed by atoms with E-state index in [1.54, 1.807) is 0 Å². The number of likely N-dealkylation sites (N-methyl/N-ethyl adjacent to an activating group) is 1. The number of esters is 2. The number of nitrogens with zero attached hydrogens (tertiary/aromatic N) is 1. The third kappa shape index (κ3) is 19.2. The van der Waals surface area contributed by atoms with Gasteiger partial charge in [0.25, 0.3) is 0 Å². The highest BCUT2D eigenvalue weighted by molar-refractivity contribution is 5.72. The first-order valence-electron chi connectivity index (χ1n) is 13.6. The summed E-state index contributed by atoms with van der Waals surface area (Å²) in [5, 5.41) is 9.43. The summed E-state index contributed by atoms with van der Waals surface area (Å²) >= 11 is 0. The molecule has 0 aromatic heterocycles. The second-order valence-electron chi connectivity index (χ2n) is 10.3. The molecule has 206 valence electrons. The smallest absolute Gasteiger partial charge is 0.362 e. The van der Waals surface area contributed by atoms with E-state index in [0.29, 0.717) is 25.7 Å². The second kappa shape index (κ2) is 20.5. The van der Waals surface area contributed by atoms with Crippen molar-refractivity contribution in [3.8, 4) is 0 Å². The van der Waals surface area contributed by atoms with Crippen LogP contribution in [0.3, 0.4) is 0 Å². The van der Waals surface area contributed by atoms with Crippen molar-refractivity contribution in [2.75, 3.05) is 41.0 Å².